The summed E-state index contributed by atoms with van der Waals surface area (Å²) in [7, 11) is -3.57. The van der Waals surface area contributed by atoms with Crippen molar-refractivity contribution in [2.75, 3.05) is 0 Å². The van der Waals surface area contributed by atoms with Gasteiger partial charge in [0.05, 0.1) is 10.9 Å². The predicted octanol–water partition coefficient (Wildman–Crippen LogP) is 3.82. The Morgan fingerprint density at radius 2 is 2.14 bits per heavy atom. The number of aryl methyl sites for hydroxylation is 2. The summed E-state index contributed by atoms with van der Waals surface area (Å²) in [6.07, 6.45) is 2.71. The molecule has 1 unspecified atom stereocenters. The van der Waals surface area contributed by atoms with Gasteiger partial charge < -0.3 is 0 Å². The molecular formula is C14H17BrN2O2S2. The second-order valence-electron chi connectivity index (χ2n) is 4.77. The topological polar surface area (TPSA) is 59.1 Å². The smallest absolute Gasteiger partial charge is 0.241 e. The van der Waals surface area contributed by atoms with Gasteiger partial charge in [0.15, 0.2) is 0 Å². The molecule has 0 aliphatic rings. The summed E-state index contributed by atoms with van der Waals surface area (Å²) in [5.41, 5.74) is 0.714. The van der Waals surface area contributed by atoms with Crippen LogP contribution in [0.3, 0.4) is 0 Å². The van der Waals surface area contributed by atoms with E-state index in [1.807, 2.05) is 13.0 Å². The molecule has 2 aromatic rings. The maximum absolute atomic E-state index is 12.5. The molecule has 0 saturated heterocycles. The summed E-state index contributed by atoms with van der Waals surface area (Å²) < 4.78 is 28.5. The monoisotopic (exact) mass is 388 g/mol. The molecule has 1 heterocycles. The van der Waals surface area contributed by atoms with Crippen LogP contribution >= 0.6 is 27.3 Å². The Kier molecular flexibility index (Phi) is 5.19. The van der Waals surface area contributed by atoms with Gasteiger partial charge in [0.2, 0.25) is 10.0 Å². The molecule has 0 fully saturated rings. The lowest BCUT2D eigenvalue weighted by Gasteiger charge is -2.13. The molecule has 1 aromatic carbocycles. The number of rotatable bonds is 5. The van der Waals surface area contributed by atoms with Gasteiger partial charge in [-0.15, -0.1) is 11.3 Å². The van der Waals surface area contributed by atoms with E-state index in [4.69, 9.17) is 0 Å². The van der Waals surface area contributed by atoms with E-state index in [9.17, 15) is 8.42 Å². The fourth-order valence-corrected chi connectivity index (χ4v) is 4.82. The maximum Gasteiger partial charge on any atom is 0.241 e. The van der Waals surface area contributed by atoms with Crippen LogP contribution in [0.25, 0.3) is 0 Å². The third-order valence-corrected chi connectivity index (χ3v) is 6.56. The normalized spacial score (nSPS) is 13.3. The second kappa shape index (κ2) is 6.56. The number of aromatic nitrogens is 1. The van der Waals surface area contributed by atoms with Gasteiger partial charge in [0, 0.05) is 15.5 Å². The van der Waals surface area contributed by atoms with E-state index in [2.05, 4.69) is 32.6 Å². The van der Waals surface area contributed by atoms with Crippen molar-refractivity contribution in [3.63, 3.8) is 0 Å². The zero-order valence-electron chi connectivity index (χ0n) is 12.1. The average molecular weight is 389 g/mol. The van der Waals surface area contributed by atoms with Gasteiger partial charge >= 0.3 is 0 Å². The van der Waals surface area contributed by atoms with Crippen LogP contribution in [0.2, 0.25) is 0 Å². The Morgan fingerprint density at radius 1 is 1.43 bits per heavy atom. The van der Waals surface area contributed by atoms with Gasteiger partial charge in [0.1, 0.15) is 5.01 Å². The highest BCUT2D eigenvalue weighted by Crippen LogP contribution is 2.25. The molecule has 0 bridgehead atoms. The first kappa shape index (κ1) is 16.6. The third kappa shape index (κ3) is 3.91. The van der Waals surface area contributed by atoms with Gasteiger partial charge in [0.25, 0.3) is 0 Å². The van der Waals surface area contributed by atoms with Crippen LogP contribution in [0.4, 0.5) is 0 Å². The molecule has 1 aromatic heterocycles. The Morgan fingerprint density at radius 3 is 2.76 bits per heavy atom. The first-order chi connectivity index (χ1) is 9.83. The highest BCUT2D eigenvalue weighted by molar-refractivity contribution is 9.10. The predicted molar refractivity (Wildman–Crippen MR) is 89.1 cm³/mol. The van der Waals surface area contributed by atoms with Crippen LogP contribution in [-0.4, -0.2) is 13.4 Å². The zero-order chi connectivity index (χ0) is 15.6. The molecule has 0 spiro atoms. The second-order valence-corrected chi connectivity index (χ2v) is 8.52. The fourth-order valence-electron chi connectivity index (χ4n) is 1.90. The van der Waals surface area contributed by atoms with Gasteiger partial charge in [-0.25, -0.2) is 18.1 Å². The van der Waals surface area contributed by atoms with Crippen molar-refractivity contribution in [1.29, 1.82) is 0 Å². The minimum atomic E-state index is -3.57. The molecule has 0 amide bonds. The van der Waals surface area contributed by atoms with Crippen LogP contribution in [0, 0.1) is 6.92 Å². The minimum Gasteiger partial charge on any atom is -0.248 e. The molecule has 1 N–H and O–H groups in total. The van der Waals surface area contributed by atoms with Crippen molar-refractivity contribution in [2.24, 2.45) is 0 Å². The third-order valence-electron chi connectivity index (χ3n) is 3.06. The molecule has 0 aliphatic carbocycles. The number of hydrogen-bond acceptors (Lipinski definition) is 4. The van der Waals surface area contributed by atoms with Crippen molar-refractivity contribution in [3.8, 4) is 0 Å². The number of sulfonamides is 1. The Hall–Kier alpha value is -0.760. The number of thiazole rings is 1. The molecule has 2 rings (SSSR count). The van der Waals surface area contributed by atoms with E-state index in [-0.39, 0.29) is 10.9 Å². The maximum atomic E-state index is 12.5. The number of nitrogens with zero attached hydrogens (tertiary/aromatic N) is 1. The molecule has 1 atom stereocenters. The SMILES string of the molecule is CCc1cnc(C(C)NS(=O)(=O)c2cc(Br)ccc2C)s1. The molecule has 114 valence electrons. The number of nitrogens with one attached hydrogen (secondary N) is 1. The lowest BCUT2D eigenvalue weighted by Crippen LogP contribution is -2.27. The van der Waals surface area contributed by atoms with E-state index in [1.165, 1.54) is 11.3 Å². The quantitative estimate of drug-likeness (QED) is 0.846. The lowest BCUT2D eigenvalue weighted by molar-refractivity contribution is 0.565. The first-order valence-electron chi connectivity index (χ1n) is 6.56. The summed E-state index contributed by atoms with van der Waals surface area (Å²) in [6.45, 7) is 5.64. The highest BCUT2D eigenvalue weighted by atomic mass is 79.9. The number of halogens is 1. The van der Waals surface area contributed by atoms with Crippen molar-refractivity contribution in [3.05, 3.63) is 44.3 Å². The Balaban J connectivity index is 2.26. The first-order valence-corrected chi connectivity index (χ1v) is 9.66. The van der Waals surface area contributed by atoms with Crippen molar-refractivity contribution < 1.29 is 8.42 Å². The van der Waals surface area contributed by atoms with Gasteiger partial charge in [-0.1, -0.05) is 28.9 Å². The summed E-state index contributed by atoms with van der Waals surface area (Å²) in [5, 5.41) is 0.781. The summed E-state index contributed by atoms with van der Waals surface area (Å²) in [6, 6.07) is 4.87. The Labute approximate surface area is 137 Å². The van der Waals surface area contributed by atoms with Crippen molar-refractivity contribution in [2.45, 2.75) is 38.1 Å². The zero-order valence-corrected chi connectivity index (χ0v) is 15.3. The van der Waals surface area contributed by atoms with Crippen LogP contribution in [0.1, 0.15) is 35.3 Å². The summed E-state index contributed by atoms with van der Waals surface area (Å²) in [5.74, 6) is 0. The molecule has 21 heavy (non-hydrogen) atoms. The molecular weight excluding hydrogens is 372 g/mol. The molecule has 0 aliphatic heterocycles. The van der Waals surface area contributed by atoms with Crippen molar-refractivity contribution in [1.82, 2.24) is 9.71 Å². The number of hydrogen-bond donors (Lipinski definition) is 1. The molecule has 0 radical (unpaired) electrons. The van der Waals surface area contributed by atoms with E-state index in [0.717, 1.165) is 20.8 Å². The minimum absolute atomic E-state index is 0.288. The summed E-state index contributed by atoms with van der Waals surface area (Å²) >= 11 is 4.85. The highest BCUT2D eigenvalue weighted by Gasteiger charge is 2.22. The van der Waals surface area contributed by atoms with Gasteiger partial charge in [-0.3, -0.25) is 0 Å². The lowest BCUT2D eigenvalue weighted by atomic mass is 10.2. The van der Waals surface area contributed by atoms with E-state index in [0.29, 0.717) is 5.56 Å². The van der Waals surface area contributed by atoms with Crippen LogP contribution < -0.4 is 4.72 Å². The molecule has 7 heteroatoms. The largest absolute Gasteiger partial charge is 0.248 e. The van der Waals surface area contributed by atoms with Crippen LogP contribution in [-0.2, 0) is 16.4 Å². The van der Waals surface area contributed by atoms with Crippen LogP contribution in [0.15, 0.2) is 33.8 Å². The van der Waals surface area contributed by atoms with Gasteiger partial charge in [-0.2, -0.15) is 0 Å². The fraction of sp³-hybridized carbons (Fsp3) is 0.357. The standard InChI is InChI=1S/C14H17BrN2O2S2/c1-4-12-8-16-14(20-12)10(3)17-21(18,19)13-7-11(15)6-5-9(13)2/h5-8,10,17H,4H2,1-3H3. The van der Waals surface area contributed by atoms with Gasteiger partial charge in [-0.05, 0) is 38.0 Å². The average Bonchev–Trinajstić information content (AvgIpc) is 2.90. The summed E-state index contributed by atoms with van der Waals surface area (Å²) in [4.78, 5) is 5.72. The van der Waals surface area contributed by atoms with E-state index in [1.54, 1.807) is 25.3 Å². The molecule has 0 saturated carbocycles. The van der Waals surface area contributed by atoms with Crippen LogP contribution in [0.5, 0.6) is 0 Å². The Bertz CT molecular complexity index is 741. The van der Waals surface area contributed by atoms with E-state index < -0.39 is 10.0 Å². The van der Waals surface area contributed by atoms with E-state index >= 15 is 0 Å². The molecule has 4 nitrogen and oxygen atoms in total. The van der Waals surface area contributed by atoms with Crippen molar-refractivity contribution >= 4 is 37.3 Å². The number of benzene rings is 1.